The van der Waals surface area contributed by atoms with Crippen molar-refractivity contribution in [3.8, 4) is 11.5 Å². The van der Waals surface area contributed by atoms with E-state index in [0.717, 1.165) is 35.9 Å². The molecule has 162 valence electrons. The van der Waals surface area contributed by atoms with Crippen LogP contribution in [0.2, 0.25) is 0 Å². The van der Waals surface area contributed by atoms with Crippen molar-refractivity contribution in [2.45, 2.75) is 29.9 Å². The van der Waals surface area contributed by atoms with E-state index in [2.05, 4.69) is 15.5 Å². The third-order valence-electron chi connectivity index (χ3n) is 4.87. The Morgan fingerprint density at radius 3 is 2.42 bits per heavy atom. The van der Waals surface area contributed by atoms with E-state index in [9.17, 15) is 13.2 Å². The van der Waals surface area contributed by atoms with Crippen molar-refractivity contribution >= 4 is 33.4 Å². The van der Waals surface area contributed by atoms with Crippen molar-refractivity contribution in [3.05, 3.63) is 54.1 Å². The fraction of sp³-hybridized carbons (Fsp3) is 0.286. The summed E-state index contributed by atoms with van der Waals surface area (Å²) in [6.07, 6.45) is 1.78. The van der Waals surface area contributed by atoms with Gasteiger partial charge in [0.15, 0.2) is 0 Å². The lowest BCUT2D eigenvalue weighted by Gasteiger charge is -2.15. The largest absolute Gasteiger partial charge is 0.411 e. The van der Waals surface area contributed by atoms with E-state index in [1.807, 2.05) is 31.2 Å². The van der Waals surface area contributed by atoms with Crippen molar-refractivity contribution in [2.24, 2.45) is 0 Å². The van der Waals surface area contributed by atoms with Crippen LogP contribution in [0.4, 0.5) is 5.69 Å². The first-order chi connectivity index (χ1) is 14.9. The molecule has 3 aromatic rings. The molecule has 1 aromatic heterocycles. The highest BCUT2D eigenvalue weighted by Crippen LogP contribution is 2.26. The minimum Gasteiger partial charge on any atom is -0.411 e. The van der Waals surface area contributed by atoms with E-state index in [0.29, 0.717) is 18.7 Å². The van der Waals surface area contributed by atoms with Gasteiger partial charge in [0.1, 0.15) is 0 Å². The van der Waals surface area contributed by atoms with Crippen molar-refractivity contribution in [3.63, 3.8) is 0 Å². The van der Waals surface area contributed by atoms with Crippen molar-refractivity contribution in [2.75, 3.05) is 24.2 Å². The zero-order valence-corrected chi connectivity index (χ0v) is 18.6. The number of sulfonamides is 1. The van der Waals surface area contributed by atoms with Crippen molar-refractivity contribution in [1.29, 1.82) is 0 Å². The fourth-order valence-electron chi connectivity index (χ4n) is 3.19. The average molecular weight is 459 g/mol. The Morgan fingerprint density at radius 2 is 1.74 bits per heavy atom. The highest BCUT2D eigenvalue weighted by Gasteiger charge is 2.27. The number of benzene rings is 2. The molecule has 1 fully saturated rings. The highest BCUT2D eigenvalue weighted by molar-refractivity contribution is 7.99. The monoisotopic (exact) mass is 458 g/mol. The van der Waals surface area contributed by atoms with Gasteiger partial charge >= 0.3 is 0 Å². The SMILES string of the molecule is Cc1ccc(NC(=O)CSc2nnc(-c3ccc(S(=O)(=O)N4CCCC4)cc3)o2)cc1. The van der Waals surface area contributed by atoms with Gasteiger partial charge in [-0.15, -0.1) is 10.2 Å². The minimum absolute atomic E-state index is 0.128. The van der Waals surface area contributed by atoms with Gasteiger partial charge in [-0.3, -0.25) is 4.79 Å². The number of hydrogen-bond acceptors (Lipinski definition) is 7. The van der Waals surface area contributed by atoms with Gasteiger partial charge in [-0.1, -0.05) is 29.5 Å². The molecular weight excluding hydrogens is 436 g/mol. The summed E-state index contributed by atoms with van der Waals surface area (Å²) in [4.78, 5) is 12.4. The standard InChI is InChI=1S/C21H22N4O4S2/c1-15-4-8-17(9-5-15)22-19(26)14-30-21-24-23-20(29-21)16-6-10-18(11-7-16)31(27,28)25-12-2-3-13-25/h4-11H,2-3,12-14H2,1H3,(H,22,26). The molecule has 0 radical (unpaired) electrons. The van der Waals surface area contributed by atoms with Gasteiger partial charge in [-0.2, -0.15) is 4.31 Å². The second-order valence-corrected chi connectivity index (χ2v) is 10.1. The lowest BCUT2D eigenvalue weighted by Crippen LogP contribution is -2.27. The lowest BCUT2D eigenvalue weighted by molar-refractivity contribution is -0.113. The van der Waals surface area contributed by atoms with Gasteiger partial charge in [-0.25, -0.2) is 8.42 Å². The third-order valence-corrected chi connectivity index (χ3v) is 7.60. The molecule has 0 aliphatic carbocycles. The summed E-state index contributed by atoms with van der Waals surface area (Å²) in [5.41, 5.74) is 2.46. The maximum Gasteiger partial charge on any atom is 0.277 e. The molecule has 8 nitrogen and oxygen atoms in total. The molecule has 0 unspecified atom stereocenters. The Kier molecular flexibility index (Phi) is 6.40. The Balaban J connectivity index is 1.36. The molecule has 0 spiro atoms. The molecule has 0 saturated carbocycles. The third kappa shape index (κ3) is 5.15. The maximum absolute atomic E-state index is 12.6. The molecule has 31 heavy (non-hydrogen) atoms. The van der Waals surface area contributed by atoms with Crippen molar-refractivity contribution in [1.82, 2.24) is 14.5 Å². The number of carbonyl (C=O) groups is 1. The van der Waals surface area contributed by atoms with Gasteiger partial charge in [0, 0.05) is 24.3 Å². The first-order valence-electron chi connectivity index (χ1n) is 9.85. The average Bonchev–Trinajstić information content (AvgIpc) is 3.47. The number of aryl methyl sites for hydroxylation is 1. The van der Waals surface area contributed by atoms with E-state index in [4.69, 9.17) is 4.42 Å². The zero-order chi connectivity index (χ0) is 21.8. The van der Waals surface area contributed by atoms with Crippen LogP contribution < -0.4 is 5.32 Å². The Labute approximate surface area is 185 Å². The predicted molar refractivity (Wildman–Crippen MR) is 118 cm³/mol. The summed E-state index contributed by atoms with van der Waals surface area (Å²) in [5, 5.41) is 11.0. The van der Waals surface area contributed by atoms with Crippen LogP contribution in [-0.2, 0) is 14.8 Å². The smallest absolute Gasteiger partial charge is 0.277 e. The minimum atomic E-state index is -3.46. The van der Waals surface area contributed by atoms with Crippen LogP contribution in [0.1, 0.15) is 18.4 Å². The number of aromatic nitrogens is 2. The number of nitrogens with one attached hydrogen (secondary N) is 1. The normalized spacial score (nSPS) is 14.6. The number of rotatable bonds is 7. The topological polar surface area (TPSA) is 105 Å². The van der Waals surface area contributed by atoms with Gasteiger partial charge < -0.3 is 9.73 Å². The van der Waals surface area contributed by atoms with Crippen LogP contribution in [0.15, 0.2) is 63.1 Å². The molecular formula is C21H22N4O4S2. The number of hydrogen-bond donors (Lipinski definition) is 1. The quantitative estimate of drug-likeness (QED) is 0.540. The molecule has 1 saturated heterocycles. The summed E-state index contributed by atoms with van der Waals surface area (Å²) in [6, 6.07) is 13.9. The second-order valence-electron chi connectivity index (χ2n) is 7.21. The first kappa shape index (κ1) is 21.5. The van der Waals surface area contributed by atoms with E-state index in [1.165, 1.54) is 4.31 Å². The van der Waals surface area contributed by atoms with Gasteiger partial charge in [0.05, 0.1) is 10.6 Å². The van der Waals surface area contributed by atoms with Gasteiger partial charge in [0.2, 0.25) is 21.8 Å². The number of carbonyl (C=O) groups excluding carboxylic acids is 1. The molecule has 2 aromatic carbocycles. The molecule has 1 N–H and O–H groups in total. The summed E-state index contributed by atoms with van der Waals surface area (Å²) >= 11 is 1.14. The number of thioether (sulfide) groups is 1. The van der Waals surface area contributed by atoms with Gasteiger partial charge in [-0.05, 0) is 56.2 Å². The van der Waals surface area contributed by atoms with Crippen LogP contribution in [-0.4, -0.2) is 47.7 Å². The van der Waals surface area contributed by atoms with Gasteiger partial charge in [0.25, 0.3) is 5.22 Å². The second kappa shape index (κ2) is 9.21. The Hall–Kier alpha value is -2.69. The van der Waals surface area contributed by atoms with Crippen LogP contribution in [0, 0.1) is 6.92 Å². The van der Waals surface area contributed by atoms with Crippen LogP contribution in [0.5, 0.6) is 0 Å². The predicted octanol–water partition coefficient (Wildman–Crippen LogP) is 3.56. The van der Waals surface area contributed by atoms with E-state index < -0.39 is 10.0 Å². The summed E-state index contributed by atoms with van der Waals surface area (Å²) in [6.45, 7) is 3.10. The van der Waals surface area contributed by atoms with Crippen LogP contribution in [0.25, 0.3) is 11.5 Å². The van der Waals surface area contributed by atoms with E-state index >= 15 is 0 Å². The Bertz CT molecular complexity index is 1150. The highest BCUT2D eigenvalue weighted by atomic mass is 32.2. The van der Waals surface area contributed by atoms with Crippen LogP contribution in [0.3, 0.4) is 0 Å². The lowest BCUT2D eigenvalue weighted by atomic mass is 10.2. The molecule has 2 heterocycles. The molecule has 0 atom stereocenters. The zero-order valence-electron chi connectivity index (χ0n) is 16.9. The molecule has 1 amide bonds. The van der Waals surface area contributed by atoms with E-state index in [-0.39, 0.29) is 27.7 Å². The summed E-state index contributed by atoms with van der Waals surface area (Å²) in [5.74, 6) is 0.222. The number of amides is 1. The number of anilines is 1. The fourth-order valence-corrected chi connectivity index (χ4v) is 5.27. The summed E-state index contributed by atoms with van der Waals surface area (Å²) in [7, 11) is -3.46. The first-order valence-corrected chi connectivity index (χ1v) is 12.3. The number of nitrogens with zero attached hydrogens (tertiary/aromatic N) is 3. The maximum atomic E-state index is 12.6. The molecule has 10 heteroatoms. The molecule has 1 aliphatic heterocycles. The van der Waals surface area contributed by atoms with Crippen LogP contribution >= 0.6 is 11.8 Å². The van der Waals surface area contributed by atoms with Crippen molar-refractivity contribution < 1.29 is 17.6 Å². The Morgan fingerprint density at radius 1 is 1.06 bits per heavy atom. The molecule has 0 bridgehead atoms. The molecule has 4 rings (SSSR count). The van der Waals surface area contributed by atoms with E-state index in [1.54, 1.807) is 24.3 Å². The molecule has 1 aliphatic rings. The summed E-state index contributed by atoms with van der Waals surface area (Å²) < 4.78 is 32.3.